The van der Waals surface area contributed by atoms with Crippen molar-refractivity contribution in [2.24, 2.45) is 0 Å². The molecule has 0 unspecified atom stereocenters. The Kier molecular flexibility index (Phi) is 6.23. The fraction of sp³-hybridized carbons (Fsp3) is 0.316. The van der Waals surface area contributed by atoms with E-state index in [0.29, 0.717) is 5.75 Å². The van der Waals surface area contributed by atoms with Gasteiger partial charge < -0.3 is 33.5 Å². The zero-order valence-corrected chi connectivity index (χ0v) is 16.0. The largest absolute Gasteiger partial charge is 0.504 e. The molecule has 0 aliphatic heterocycles. The third-order valence-corrected chi connectivity index (χ3v) is 4.00. The lowest BCUT2D eigenvalue weighted by Crippen LogP contribution is -2.08. The van der Waals surface area contributed by atoms with Gasteiger partial charge in [-0.15, -0.1) is 0 Å². The van der Waals surface area contributed by atoms with Crippen LogP contribution in [0.15, 0.2) is 18.2 Å². The summed E-state index contributed by atoms with van der Waals surface area (Å²) in [5.41, 5.74) is 0.120. The standard InChI is InChI=1S/C19H22O8/c1-22-12-8-7-10(16(24-3)17(12)25-4)14(20)11-9-13(23-2)18(26-5)19(27-6)15(11)21/h7-9,21H,1-6H3. The molecule has 146 valence electrons. The molecule has 0 spiro atoms. The number of benzene rings is 2. The first kappa shape index (κ1) is 20.0. The molecule has 0 atom stereocenters. The van der Waals surface area contributed by atoms with Gasteiger partial charge in [0, 0.05) is 0 Å². The van der Waals surface area contributed by atoms with Gasteiger partial charge >= 0.3 is 0 Å². The van der Waals surface area contributed by atoms with Crippen molar-refractivity contribution in [2.45, 2.75) is 0 Å². The van der Waals surface area contributed by atoms with Crippen LogP contribution in [0.4, 0.5) is 0 Å². The summed E-state index contributed by atoms with van der Waals surface area (Å²) in [5.74, 6) is 0.331. The summed E-state index contributed by atoms with van der Waals surface area (Å²) in [4.78, 5) is 13.2. The summed E-state index contributed by atoms with van der Waals surface area (Å²) < 4.78 is 31.5. The van der Waals surface area contributed by atoms with Crippen molar-refractivity contribution < 1.29 is 38.3 Å². The van der Waals surface area contributed by atoms with E-state index < -0.39 is 5.78 Å². The maximum absolute atomic E-state index is 13.2. The van der Waals surface area contributed by atoms with E-state index in [1.165, 1.54) is 54.8 Å². The molecule has 2 aromatic carbocycles. The molecule has 0 heterocycles. The Morgan fingerprint density at radius 2 is 1.19 bits per heavy atom. The van der Waals surface area contributed by atoms with Crippen molar-refractivity contribution in [3.63, 3.8) is 0 Å². The van der Waals surface area contributed by atoms with Gasteiger partial charge in [-0.25, -0.2) is 0 Å². The summed E-state index contributed by atoms with van der Waals surface area (Å²) in [6.07, 6.45) is 0. The lowest BCUT2D eigenvalue weighted by atomic mass is 9.99. The molecule has 0 saturated heterocycles. The zero-order valence-electron chi connectivity index (χ0n) is 16.0. The molecule has 0 fully saturated rings. The Bertz CT molecular complexity index is 844. The van der Waals surface area contributed by atoms with E-state index in [-0.39, 0.29) is 45.6 Å². The lowest BCUT2D eigenvalue weighted by Gasteiger charge is -2.18. The van der Waals surface area contributed by atoms with Gasteiger partial charge in [-0.05, 0) is 18.2 Å². The average molecular weight is 378 g/mol. The van der Waals surface area contributed by atoms with E-state index >= 15 is 0 Å². The fourth-order valence-corrected chi connectivity index (χ4v) is 2.74. The highest BCUT2D eigenvalue weighted by atomic mass is 16.5. The number of ether oxygens (including phenoxy) is 6. The van der Waals surface area contributed by atoms with Gasteiger partial charge in [-0.2, -0.15) is 0 Å². The monoisotopic (exact) mass is 378 g/mol. The second-order valence-electron chi connectivity index (χ2n) is 5.25. The number of phenols is 1. The molecule has 0 aromatic heterocycles. The number of ketones is 1. The highest BCUT2D eigenvalue weighted by Gasteiger charge is 2.28. The predicted molar refractivity (Wildman–Crippen MR) is 97.3 cm³/mol. The van der Waals surface area contributed by atoms with Gasteiger partial charge in [0.05, 0.1) is 53.8 Å². The van der Waals surface area contributed by atoms with Crippen molar-refractivity contribution >= 4 is 5.78 Å². The highest BCUT2D eigenvalue weighted by Crippen LogP contribution is 2.48. The molecule has 27 heavy (non-hydrogen) atoms. The van der Waals surface area contributed by atoms with Crippen LogP contribution in [0.25, 0.3) is 0 Å². The average Bonchev–Trinajstić information content (AvgIpc) is 2.71. The Balaban J connectivity index is 2.72. The second-order valence-corrected chi connectivity index (χ2v) is 5.25. The van der Waals surface area contributed by atoms with E-state index in [1.807, 2.05) is 0 Å². The normalized spacial score (nSPS) is 10.1. The van der Waals surface area contributed by atoms with E-state index in [2.05, 4.69) is 0 Å². The number of phenolic OH excluding ortho intramolecular Hbond substituents is 1. The van der Waals surface area contributed by atoms with Gasteiger partial charge in [-0.3, -0.25) is 4.79 Å². The number of hydrogen-bond donors (Lipinski definition) is 1. The molecule has 8 nitrogen and oxygen atoms in total. The molecular weight excluding hydrogens is 356 g/mol. The Hall–Kier alpha value is -3.29. The molecule has 2 aromatic rings. The van der Waals surface area contributed by atoms with Gasteiger partial charge in [0.1, 0.15) is 0 Å². The minimum absolute atomic E-state index is 0.0142. The SMILES string of the molecule is COc1ccc(C(=O)c2cc(OC)c(OC)c(OC)c2O)c(OC)c1OC. The minimum atomic E-state index is -0.524. The molecule has 0 radical (unpaired) electrons. The number of rotatable bonds is 8. The number of carbonyl (C=O) groups excluding carboxylic acids is 1. The summed E-state index contributed by atoms with van der Waals surface area (Å²) in [7, 11) is 8.49. The molecule has 0 aliphatic carbocycles. The van der Waals surface area contributed by atoms with Gasteiger partial charge in [0.2, 0.25) is 23.0 Å². The van der Waals surface area contributed by atoms with Crippen LogP contribution in [0.5, 0.6) is 40.2 Å². The Morgan fingerprint density at radius 3 is 1.67 bits per heavy atom. The summed E-state index contributed by atoms with van der Waals surface area (Å²) in [6, 6.07) is 4.46. The molecule has 0 aliphatic rings. The van der Waals surface area contributed by atoms with Crippen molar-refractivity contribution in [1.82, 2.24) is 0 Å². The van der Waals surface area contributed by atoms with Crippen LogP contribution >= 0.6 is 0 Å². The van der Waals surface area contributed by atoms with Crippen LogP contribution in [-0.2, 0) is 0 Å². The second kappa shape index (κ2) is 8.39. The molecule has 2 rings (SSSR count). The molecule has 8 heteroatoms. The number of aromatic hydroxyl groups is 1. The van der Waals surface area contributed by atoms with Crippen LogP contribution in [0, 0.1) is 0 Å². The number of methoxy groups -OCH3 is 6. The van der Waals surface area contributed by atoms with Gasteiger partial charge in [0.25, 0.3) is 0 Å². The Morgan fingerprint density at radius 1 is 0.667 bits per heavy atom. The first-order valence-electron chi connectivity index (χ1n) is 7.84. The molecule has 0 saturated carbocycles. The smallest absolute Gasteiger partial charge is 0.207 e. The molecule has 0 amide bonds. The molecule has 0 bridgehead atoms. The van der Waals surface area contributed by atoms with E-state index in [4.69, 9.17) is 28.4 Å². The van der Waals surface area contributed by atoms with Crippen LogP contribution in [-0.4, -0.2) is 53.5 Å². The van der Waals surface area contributed by atoms with Gasteiger partial charge in [0.15, 0.2) is 23.0 Å². The van der Waals surface area contributed by atoms with Crippen molar-refractivity contribution in [1.29, 1.82) is 0 Å². The lowest BCUT2D eigenvalue weighted by molar-refractivity contribution is 0.103. The third kappa shape index (κ3) is 3.38. The van der Waals surface area contributed by atoms with Crippen LogP contribution in [0.2, 0.25) is 0 Å². The quantitative estimate of drug-likeness (QED) is 0.701. The number of carbonyl (C=O) groups is 1. The van der Waals surface area contributed by atoms with E-state index in [0.717, 1.165) is 0 Å². The van der Waals surface area contributed by atoms with Crippen molar-refractivity contribution in [3.8, 4) is 40.2 Å². The molecule has 1 N–H and O–H groups in total. The highest BCUT2D eigenvalue weighted by molar-refractivity contribution is 6.13. The fourth-order valence-electron chi connectivity index (χ4n) is 2.74. The van der Waals surface area contributed by atoms with E-state index in [9.17, 15) is 9.90 Å². The van der Waals surface area contributed by atoms with Crippen molar-refractivity contribution in [2.75, 3.05) is 42.7 Å². The van der Waals surface area contributed by atoms with Gasteiger partial charge in [-0.1, -0.05) is 0 Å². The van der Waals surface area contributed by atoms with Crippen LogP contribution in [0.1, 0.15) is 15.9 Å². The summed E-state index contributed by atoms with van der Waals surface area (Å²) in [5, 5.41) is 10.6. The van der Waals surface area contributed by atoms with Crippen molar-refractivity contribution in [3.05, 3.63) is 29.3 Å². The first-order chi connectivity index (χ1) is 13.0. The topological polar surface area (TPSA) is 92.7 Å². The zero-order chi connectivity index (χ0) is 20.1. The van der Waals surface area contributed by atoms with Crippen LogP contribution < -0.4 is 28.4 Å². The maximum atomic E-state index is 13.2. The predicted octanol–water partition coefficient (Wildman–Crippen LogP) is 2.67. The maximum Gasteiger partial charge on any atom is 0.207 e. The van der Waals surface area contributed by atoms with Crippen LogP contribution in [0.3, 0.4) is 0 Å². The molecular formula is C19H22O8. The summed E-state index contributed by atoms with van der Waals surface area (Å²) in [6.45, 7) is 0. The number of hydrogen-bond acceptors (Lipinski definition) is 8. The minimum Gasteiger partial charge on any atom is -0.504 e. The first-order valence-corrected chi connectivity index (χ1v) is 7.84. The summed E-state index contributed by atoms with van der Waals surface area (Å²) >= 11 is 0. The third-order valence-electron chi connectivity index (χ3n) is 4.00. The van der Waals surface area contributed by atoms with E-state index in [1.54, 1.807) is 6.07 Å². The Labute approximate surface area is 157 Å².